The maximum Gasteiger partial charge on any atom is 0.326 e. The van der Waals surface area contributed by atoms with Gasteiger partial charge in [0, 0.05) is 26.0 Å². The second-order valence-electron chi connectivity index (χ2n) is 4.47. The van der Waals surface area contributed by atoms with E-state index < -0.39 is 30.4 Å². The zero-order valence-electron chi connectivity index (χ0n) is 11.5. The summed E-state index contributed by atoms with van der Waals surface area (Å²) in [5, 5.41) is 19.6. The van der Waals surface area contributed by atoms with Gasteiger partial charge in [-0.2, -0.15) is 0 Å². The molecule has 114 valence electrons. The lowest BCUT2D eigenvalue weighted by Gasteiger charge is -2.20. The van der Waals surface area contributed by atoms with Crippen molar-refractivity contribution < 1.29 is 24.6 Å². The van der Waals surface area contributed by atoms with Gasteiger partial charge in [-0.3, -0.25) is 9.78 Å². The number of aliphatic carboxylic acids is 2. The van der Waals surface area contributed by atoms with Gasteiger partial charge >= 0.3 is 18.0 Å². The molecule has 1 unspecified atom stereocenters. The molecule has 2 amide bonds. The van der Waals surface area contributed by atoms with E-state index in [0.717, 1.165) is 5.56 Å². The van der Waals surface area contributed by atoms with E-state index >= 15 is 0 Å². The molecule has 0 saturated heterocycles. The summed E-state index contributed by atoms with van der Waals surface area (Å²) in [4.78, 5) is 38.4. The van der Waals surface area contributed by atoms with Crippen LogP contribution in [-0.4, -0.2) is 57.7 Å². The first kappa shape index (κ1) is 16.4. The lowest BCUT2D eigenvalue weighted by molar-refractivity contribution is -0.145. The quantitative estimate of drug-likeness (QED) is 0.660. The fourth-order valence-corrected chi connectivity index (χ4v) is 1.58. The fourth-order valence-electron chi connectivity index (χ4n) is 1.58. The summed E-state index contributed by atoms with van der Waals surface area (Å²) in [6, 6.07) is 1.56. The van der Waals surface area contributed by atoms with Crippen LogP contribution in [0.4, 0.5) is 4.79 Å². The average Bonchev–Trinajstić information content (AvgIpc) is 2.44. The van der Waals surface area contributed by atoms with Gasteiger partial charge < -0.3 is 20.4 Å². The molecule has 1 heterocycles. The van der Waals surface area contributed by atoms with Crippen molar-refractivity contribution in [3.63, 3.8) is 0 Å². The first-order valence-corrected chi connectivity index (χ1v) is 6.25. The van der Waals surface area contributed by atoms with Gasteiger partial charge in [0.2, 0.25) is 0 Å². The minimum atomic E-state index is -1.45. The van der Waals surface area contributed by atoms with Crippen molar-refractivity contribution in [2.24, 2.45) is 0 Å². The topological polar surface area (TPSA) is 120 Å². The molecule has 0 saturated carbocycles. The van der Waals surface area contributed by atoms with E-state index in [1.807, 2.05) is 12.1 Å². The van der Waals surface area contributed by atoms with Gasteiger partial charge in [0.25, 0.3) is 0 Å². The zero-order chi connectivity index (χ0) is 15.8. The lowest BCUT2D eigenvalue weighted by atomic mass is 10.2. The molecule has 0 spiro atoms. The maximum absolute atomic E-state index is 11.8. The number of nitrogens with zero attached hydrogens (tertiary/aromatic N) is 2. The number of nitrogens with one attached hydrogen (secondary N) is 1. The maximum atomic E-state index is 11.8. The number of rotatable bonds is 7. The number of carbonyl (C=O) groups is 3. The summed E-state index contributed by atoms with van der Waals surface area (Å²) >= 11 is 0. The Kier molecular flexibility index (Phi) is 6.12. The third kappa shape index (κ3) is 5.89. The summed E-state index contributed by atoms with van der Waals surface area (Å²) in [6.45, 7) is 0.370. The van der Waals surface area contributed by atoms with Gasteiger partial charge in [0.1, 0.15) is 6.04 Å². The van der Waals surface area contributed by atoms with E-state index in [9.17, 15) is 14.4 Å². The van der Waals surface area contributed by atoms with Crippen LogP contribution in [0.1, 0.15) is 12.0 Å². The van der Waals surface area contributed by atoms with E-state index in [4.69, 9.17) is 10.2 Å². The predicted octanol–water partition coefficient (Wildman–Crippen LogP) is 0.193. The number of carbonyl (C=O) groups excluding carboxylic acids is 1. The Morgan fingerprint density at radius 2 is 1.90 bits per heavy atom. The molecule has 0 aliphatic carbocycles. The molecule has 1 atom stereocenters. The molecule has 0 aliphatic rings. The molecule has 3 N–H and O–H groups in total. The Morgan fingerprint density at radius 1 is 1.29 bits per heavy atom. The van der Waals surface area contributed by atoms with E-state index in [1.54, 1.807) is 12.4 Å². The highest BCUT2D eigenvalue weighted by Crippen LogP contribution is 2.00. The molecule has 0 fully saturated rings. The molecule has 0 aromatic carbocycles. The molecule has 1 rings (SSSR count). The van der Waals surface area contributed by atoms with Crippen molar-refractivity contribution in [2.45, 2.75) is 18.9 Å². The van der Waals surface area contributed by atoms with Crippen molar-refractivity contribution in [2.75, 3.05) is 13.6 Å². The third-order valence-corrected chi connectivity index (χ3v) is 2.81. The van der Waals surface area contributed by atoms with Gasteiger partial charge in [0.05, 0.1) is 6.42 Å². The van der Waals surface area contributed by atoms with Crippen molar-refractivity contribution in [3.05, 3.63) is 30.1 Å². The smallest absolute Gasteiger partial charge is 0.326 e. The van der Waals surface area contributed by atoms with Crippen molar-refractivity contribution in [1.82, 2.24) is 15.2 Å². The lowest BCUT2D eigenvalue weighted by Crippen LogP contribution is -2.48. The van der Waals surface area contributed by atoms with E-state index in [-0.39, 0.29) is 0 Å². The molecule has 0 bridgehead atoms. The summed E-state index contributed by atoms with van der Waals surface area (Å²) in [5.41, 5.74) is 0.991. The molecule has 21 heavy (non-hydrogen) atoms. The first-order chi connectivity index (χ1) is 9.90. The van der Waals surface area contributed by atoms with E-state index in [1.165, 1.54) is 11.9 Å². The van der Waals surface area contributed by atoms with E-state index in [2.05, 4.69) is 10.3 Å². The molecule has 0 radical (unpaired) electrons. The van der Waals surface area contributed by atoms with Gasteiger partial charge in [-0.15, -0.1) is 0 Å². The van der Waals surface area contributed by atoms with Gasteiger partial charge in [0.15, 0.2) is 0 Å². The highest BCUT2D eigenvalue weighted by atomic mass is 16.4. The Balaban J connectivity index is 2.49. The van der Waals surface area contributed by atoms with Crippen LogP contribution in [-0.2, 0) is 16.0 Å². The number of hydrogen-bond donors (Lipinski definition) is 3. The Morgan fingerprint density at radius 3 is 2.43 bits per heavy atom. The van der Waals surface area contributed by atoms with Gasteiger partial charge in [-0.05, 0) is 24.1 Å². The summed E-state index contributed by atoms with van der Waals surface area (Å²) in [6.07, 6.45) is 3.20. The predicted molar refractivity (Wildman–Crippen MR) is 72.8 cm³/mol. The second kappa shape index (κ2) is 7.83. The number of carboxylic acids is 2. The number of amides is 2. The van der Waals surface area contributed by atoms with Crippen molar-refractivity contribution >= 4 is 18.0 Å². The SMILES string of the molecule is CN(CCc1ccncc1)C(=O)NC(CC(=O)O)C(=O)O. The van der Waals surface area contributed by atoms with Crippen LogP contribution < -0.4 is 5.32 Å². The number of aromatic nitrogens is 1. The first-order valence-electron chi connectivity index (χ1n) is 6.25. The van der Waals surface area contributed by atoms with Crippen LogP contribution in [0, 0.1) is 0 Å². The Labute approximate surface area is 121 Å². The van der Waals surface area contributed by atoms with E-state index in [0.29, 0.717) is 13.0 Å². The van der Waals surface area contributed by atoms with Crippen LogP contribution in [0.25, 0.3) is 0 Å². The highest BCUT2D eigenvalue weighted by Gasteiger charge is 2.24. The second-order valence-corrected chi connectivity index (χ2v) is 4.47. The highest BCUT2D eigenvalue weighted by molar-refractivity contribution is 5.86. The fraction of sp³-hybridized carbons (Fsp3) is 0.385. The average molecular weight is 295 g/mol. The van der Waals surface area contributed by atoms with Gasteiger partial charge in [-0.1, -0.05) is 0 Å². The number of urea groups is 1. The molecule has 8 nitrogen and oxygen atoms in total. The largest absolute Gasteiger partial charge is 0.481 e. The molecule has 8 heteroatoms. The molecule has 1 aromatic heterocycles. The summed E-state index contributed by atoms with van der Waals surface area (Å²) in [7, 11) is 1.51. The standard InChI is InChI=1S/C13H17N3O5/c1-16(7-4-9-2-5-14-6-3-9)13(21)15-10(12(19)20)8-11(17)18/h2-3,5-6,10H,4,7-8H2,1H3,(H,15,21)(H,17,18)(H,19,20). The molecular formula is C13H17N3O5. The van der Waals surface area contributed by atoms with Crippen LogP contribution in [0.15, 0.2) is 24.5 Å². The minimum Gasteiger partial charge on any atom is -0.481 e. The molecule has 1 aromatic rings. The summed E-state index contributed by atoms with van der Waals surface area (Å²) in [5.74, 6) is -2.67. The van der Waals surface area contributed by atoms with Gasteiger partial charge in [-0.25, -0.2) is 9.59 Å². The number of hydrogen-bond acceptors (Lipinski definition) is 4. The zero-order valence-corrected chi connectivity index (χ0v) is 11.5. The number of pyridine rings is 1. The molecule has 0 aliphatic heterocycles. The Bertz CT molecular complexity index is 506. The molecular weight excluding hydrogens is 278 g/mol. The van der Waals surface area contributed by atoms with Crippen LogP contribution in [0.2, 0.25) is 0 Å². The number of likely N-dealkylation sites (N-methyl/N-ethyl adjacent to an activating group) is 1. The monoisotopic (exact) mass is 295 g/mol. The summed E-state index contributed by atoms with van der Waals surface area (Å²) < 4.78 is 0. The van der Waals surface area contributed by atoms with Crippen LogP contribution in [0.3, 0.4) is 0 Å². The third-order valence-electron chi connectivity index (χ3n) is 2.81. The normalized spacial score (nSPS) is 11.5. The van der Waals surface area contributed by atoms with Crippen LogP contribution in [0.5, 0.6) is 0 Å². The minimum absolute atomic E-state index is 0.370. The van der Waals surface area contributed by atoms with Crippen LogP contribution >= 0.6 is 0 Å². The van der Waals surface area contributed by atoms with Crippen molar-refractivity contribution in [3.8, 4) is 0 Å². The number of carboxylic acid groups (broad SMARTS) is 2. The Hall–Kier alpha value is -2.64. The van der Waals surface area contributed by atoms with Crippen molar-refractivity contribution in [1.29, 1.82) is 0 Å².